The van der Waals surface area contributed by atoms with Gasteiger partial charge in [0.05, 0.1) is 0 Å². The molecule has 0 unspecified atom stereocenters. The van der Waals surface area contributed by atoms with Crippen LogP contribution in [0.15, 0.2) is 40.9 Å². The summed E-state index contributed by atoms with van der Waals surface area (Å²) in [5.41, 5.74) is 5.14. The molecule has 0 aromatic heterocycles. The minimum absolute atomic E-state index is 0.846. The van der Waals surface area contributed by atoms with Crippen molar-refractivity contribution < 1.29 is 0 Å². The van der Waals surface area contributed by atoms with Crippen LogP contribution in [0.25, 0.3) is 11.1 Å². The van der Waals surface area contributed by atoms with E-state index in [0.717, 1.165) is 15.9 Å². The molecule has 0 atom stereocenters. The van der Waals surface area contributed by atoms with Crippen LogP contribution in [0.5, 0.6) is 0 Å². The van der Waals surface area contributed by atoms with Crippen LogP contribution in [0.1, 0.15) is 11.1 Å². The van der Waals surface area contributed by atoms with Gasteiger partial charge in [-0.15, -0.1) is 0 Å². The summed E-state index contributed by atoms with van der Waals surface area (Å²) in [5.74, 6) is 0. The quantitative estimate of drug-likeness (QED) is 0.561. The van der Waals surface area contributed by atoms with Crippen molar-refractivity contribution in [2.24, 2.45) is 0 Å². The normalized spacial score (nSPS) is 12.4. The molecule has 0 N–H and O–H groups in total. The highest BCUT2D eigenvalue weighted by Crippen LogP contribution is 2.44. The summed E-state index contributed by atoms with van der Waals surface area (Å²) in [6.45, 7) is 0. The topological polar surface area (TPSA) is 0 Å². The van der Waals surface area contributed by atoms with Gasteiger partial charge in [0.2, 0.25) is 0 Å². The maximum atomic E-state index is 6.25. The maximum Gasteiger partial charge on any atom is 0.0487 e. The van der Waals surface area contributed by atoms with Gasteiger partial charge in [0, 0.05) is 20.6 Å². The predicted molar refractivity (Wildman–Crippen MR) is 67.4 cm³/mol. The summed E-state index contributed by atoms with van der Waals surface area (Å²) in [6, 6.07) is 12.4. The van der Waals surface area contributed by atoms with E-state index in [9.17, 15) is 0 Å². The van der Waals surface area contributed by atoms with Crippen molar-refractivity contribution in [1.82, 2.24) is 0 Å². The third-order valence-electron chi connectivity index (χ3n) is 2.83. The first-order valence-corrected chi connectivity index (χ1v) is 5.99. The number of halogens is 2. The molecule has 0 fully saturated rings. The fourth-order valence-corrected chi connectivity index (χ4v) is 3.09. The lowest BCUT2D eigenvalue weighted by Crippen LogP contribution is -1.80. The Morgan fingerprint density at radius 1 is 0.933 bits per heavy atom. The van der Waals surface area contributed by atoms with Gasteiger partial charge in [-0.1, -0.05) is 51.8 Å². The lowest BCUT2D eigenvalue weighted by Gasteiger charge is -2.05. The van der Waals surface area contributed by atoms with Crippen molar-refractivity contribution in [1.29, 1.82) is 0 Å². The Bertz CT molecular complexity index is 497. The molecule has 2 heteroatoms. The Kier molecular flexibility index (Phi) is 2.11. The van der Waals surface area contributed by atoms with Crippen LogP contribution in [0.4, 0.5) is 0 Å². The van der Waals surface area contributed by atoms with Gasteiger partial charge in [-0.2, -0.15) is 0 Å². The lowest BCUT2D eigenvalue weighted by atomic mass is 10.1. The Morgan fingerprint density at radius 2 is 1.60 bits per heavy atom. The SMILES string of the molecule is Clc1cccc2c1-c1c(Br)cccc1C2. The number of benzene rings is 2. The van der Waals surface area contributed by atoms with Crippen molar-refractivity contribution in [2.75, 3.05) is 0 Å². The van der Waals surface area contributed by atoms with E-state index in [0.29, 0.717) is 0 Å². The van der Waals surface area contributed by atoms with Gasteiger partial charge in [0.25, 0.3) is 0 Å². The fourth-order valence-electron chi connectivity index (χ4n) is 2.20. The zero-order valence-electron chi connectivity index (χ0n) is 7.93. The average Bonchev–Trinajstić information content (AvgIpc) is 2.58. The minimum atomic E-state index is 0.846. The molecule has 0 bridgehead atoms. The molecule has 0 heterocycles. The van der Waals surface area contributed by atoms with Crippen molar-refractivity contribution >= 4 is 27.5 Å². The zero-order valence-corrected chi connectivity index (χ0v) is 10.3. The van der Waals surface area contributed by atoms with Crippen molar-refractivity contribution in [3.05, 3.63) is 57.0 Å². The van der Waals surface area contributed by atoms with Gasteiger partial charge in [-0.25, -0.2) is 0 Å². The Hall–Kier alpha value is -0.790. The van der Waals surface area contributed by atoms with Gasteiger partial charge < -0.3 is 0 Å². The van der Waals surface area contributed by atoms with E-state index in [1.54, 1.807) is 0 Å². The van der Waals surface area contributed by atoms with Gasteiger partial charge in [-0.05, 0) is 29.7 Å². The first-order valence-electron chi connectivity index (χ1n) is 4.82. The molecular formula is C13H8BrCl. The largest absolute Gasteiger partial charge is 0.0837 e. The van der Waals surface area contributed by atoms with E-state index in [-0.39, 0.29) is 0 Å². The van der Waals surface area contributed by atoms with Crippen molar-refractivity contribution in [3.8, 4) is 11.1 Å². The molecule has 0 saturated heterocycles. The van der Waals surface area contributed by atoms with Crippen LogP contribution in [0, 0.1) is 0 Å². The smallest absolute Gasteiger partial charge is 0.0487 e. The Morgan fingerprint density at radius 3 is 2.40 bits per heavy atom. The average molecular weight is 280 g/mol. The Labute approximate surface area is 102 Å². The molecule has 1 aliphatic rings. The molecule has 0 saturated carbocycles. The molecule has 74 valence electrons. The zero-order chi connectivity index (χ0) is 10.4. The van der Waals surface area contributed by atoms with Crippen LogP contribution in [0.3, 0.4) is 0 Å². The molecule has 0 aliphatic heterocycles. The molecule has 2 aromatic carbocycles. The highest BCUT2D eigenvalue weighted by atomic mass is 79.9. The van der Waals surface area contributed by atoms with Crippen molar-refractivity contribution in [3.63, 3.8) is 0 Å². The molecule has 1 aliphatic carbocycles. The summed E-state index contributed by atoms with van der Waals surface area (Å²) >= 11 is 9.84. The van der Waals surface area contributed by atoms with Crippen molar-refractivity contribution in [2.45, 2.75) is 6.42 Å². The molecule has 15 heavy (non-hydrogen) atoms. The molecule has 3 rings (SSSR count). The van der Waals surface area contributed by atoms with Gasteiger partial charge in [-0.3, -0.25) is 0 Å². The number of fused-ring (bicyclic) bond motifs is 3. The van der Waals surface area contributed by atoms with Crippen LogP contribution in [0.2, 0.25) is 5.02 Å². The maximum absolute atomic E-state index is 6.25. The van der Waals surface area contributed by atoms with Crippen LogP contribution in [-0.2, 0) is 6.42 Å². The second-order valence-corrected chi connectivity index (χ2v) is 4.99. The Balaban J connectivity index is 2.39. The predicted octanol–water partition coefficient (Wildman–Crippen LogP) is 4.67. The number of hydrogen-bond donors (Lipinski definition) is 0. The van der Waals surface area contributed by atoms with E-state index in [2.05, 4.69) is 40.2 Å². The molecule has 2 aromatic rings. The summed E-state index contributed by atoms with van der Waals surface area (Å²) in [5, 5.41) is 0.846. The standard InChI is InChI=1S/C13H8BrCl/c14-10-5-1-3-8-7-9-4-2-6-11(15)13(9)12(8)10/h1-6H,7H2. The highest BCUT2D eigenvalue weighted by Gasteiger charge is 2.22. The third kappa shape index (κ3) is 1.34. The molecule has 0 radical (unpaired) electrons. The second-order valence-electron chi connectivity index (χ2n) is 3.72. The number of rotatable bonds is 0. The first kappa shape index (κ1) is 9.44. The van der Waals surface area contributed by atoms with Gasteiger partial charge >= 0.3 is 0 Å². The summed E-state index contributed by atoms with van der Waals surface area (Å²) in [7, 11) is 0. The third-order valence-corrected chi connectivity index (χ3v) is 3.81. The van der Waals surface area contributed by atoms with E-state index < -0.39 is 0 Å². The van der Waals surface area contributed by atoms with Crippen LogP contribution in [-0.4, -0.2) is 0 Å². The van der Waals surface area contributed by atoms with E-state index >= 15 is 0 Å². The molecule has 0 spiro atoms. The first-order chi connectivity index (χ1) is 7.27. The number of hydrogen-bond acceptors (Lipinski definition) is 0. The summed E-state index contributed by atoms with van der Waals surface area (Å²) in [6.07, 6.45) is 0.991. The van der Waals surface area contributed by atoms with E-state index in [1.807, 2.05) is 12.1 Å². The van der Waals surface area contributed by atoms with Crippen LogP contribution >= 0.6 is 27.5 Å². The second kappa shape index (κ2) is 3.36. The van der Waals surface area contributed by atoms with Gasteiger partial charge in [0.15, 0.2) is 0 Å². The molecular weight excluding hydrogens is 272 g/mol. The van der Waals surface area contributed by atoms with E-state index in [1.165, 1.54) is 22.3 Å². The summed E-state index contributed by atoms with van der Waals surface area (Å²) in [4.78, 5) is 0. The molecule has 0 nitrogen and oxygen atoms in total. The van der Waals surface area contributed by atoms with E-state index in [4.69, 9.17) is 11.6 Å². The molecule has 0 amide bonds. The van der Waals surface area contributed by atoms with Gasteiger partial charge in [0.1, 0.15) is 0 Å². The minimum Gasteiger partial charge on any atom is -0.0837 e. The lowest BCUT2D eigenvalue weighted by molar-refractivity contribution is 1.26. The fraction of sp³-hybridized carbons (Fsp3) is 0.0769. The highest BCUT2D eigenvalue weighted by molar-refractivity contribution is 9.10. The summed E-state index contributed by atoms with van der Waals surface area (Å²) < 4.78 is 1.13. The monoisotopic (exact) mass is 278 g/mol. The van der Waals surface area contributed by atoms with Crippen LogP contribution < -0.4 is 0 Å².